The third kappa shape index (κ3) is 2.15. The van der Waals surface area contributed by atoms with Crippen molar-refractivity contribution in [2.75, 3.05) is 0 Å². The summed E-state index contributed by atoms with van der Waals surface area (Å²) in [5, 5.41) is 10.9. The summed E-state index contributed by atoms with van der Waals surface area (Å²) in [5.41, 5.74) is 2.02. The molecule has 0 unspecified atom stereocenters. The van der Waals surface area contributed by atoms with Crippen LogP contribution in [0.15, 0.2) is 21.3 Å². The molecule has 1 aromatic carbocycles. The van der Waals surface area contributed by atoms with Crippen LogP contribution in [-0.4, -0.2) is 11.2 Å². The van der Waals surface area contributed by atoms with E-state index in [1.54, 1.807) is 12.1 Å². The molecule has 2 aromatic rings. The van der Waals surface area contributed by atoms with E-state index in [2.05, 4.69) is 0 Å². The van der Waals surface area contributed by atoms with Gasteiger partial charge in [-0.3, -0.25) is 0 Å². The van der Waals surface area contributed by atoms with E-state index in [-0.39, 0.29) is 17.5 Å². The second-order valence-electron chi connectivity index (χ2n) is 5.54. The fraction of sp³-hybridized carbons (Fsp3) is 0.438. The summed E-state index contributed by atoms with van der Waals surface area (Å²) in [6, 6.07) is 3.26. The predicted octanol–water partition coefficient (Wildman–Crippen LogP) is 3.16. The first-order valence-electron chi connectivity index (χ1n) is 7.04. The Bertz CT molecular complexity index is 712. The van der Waals surface area contributed by atoms with Crippen LogP contribution in [0.25, 0.3) is 11.0 Å². The summed E-state index contributed by atoms with van der Waals surface area (Å²) in [6.45, 7) is 3.76. The van der Waals surface area contributed by atoms with E-state index < -0.39 is 0 Å². The molecule has 1 aliphatic rings. The molecular formula is C16H18O4. The zero-order chi connectivity index (χ0) is 14.3. The minimum absolute atomic E-state index is 0.0531. The fourth-order valence-electron chi connectivity index (χ4n) is 2.81. The summed E-state index contributed by atoms with van der Waals surface area (Å²) < 4.78 is 10.9. The number of aromatic hydroxyl groups is 1. The Morgan fingerprint density at radius 3 is 2.60 bits per heavy atom. The van der Waals surface area contributed by atoms with Gasteiger partial charge in [0.1, 0.15) is 5.58 Å². The molecule has 0 saturated heterocycles. The number of phenolic OH excluding ortho intramolecular Hbond substituents is 1. The van der Waals surface area contributed by atoms with Crippen LogP contribution < -0.4 is 10.4 Å². The molecular weight excluding hydrogens is 256 g/mol. The van der Waals surface area contributed by atoms with Crippen LogP contribution in [-0.2, 0) is 12.8 Å². The Morgan fingerprint density at radius 1 is 1.20 bits per heavy atom. The van der Waals surface area contributed by atoms with Gasteiger partial charge in [-0.05, 0) is 51.2 Å². The van der Waals surface area contributed by atoms with E-state index in [0.29, 0.717) is 11.3 Å². The molecule has 1 N–H and O–H groups in total. The smallest absolute Gasteiger partial charge is 0.339 e. The van der Waals surface area contributed by atoms with Crippen molar-refractivity contribution >= 4 is 11.0 Å². The van der Waals surface area contributed by atoms with Crippen molar-refractivity contribution in [2.45, 2.75) is 45.6 Å². The number of aryl methyl sites for hydroxylation is 1. The van der Waals surface area contributed by atoms with Crippen LogP contribution >= 0.6 is 0 Å². The van der Waals surface area contributed by atoms with Crippen LogP contribution in [0.5, 0.6) is 11.5 Å². The zero-order valence-electron chi connectivity index (χ0n) is 11.7. The van der Waals surface area contributed by atoms with Gasteiger partial charge in [-0.25, -0.2) is 4.79 Å². The average Bonchev–Trinajstić information content (AvgIpc) is 2.41. The van der Waals surface area contributed by atoms with E-state index in [4.69, 9.17) is 9.15 Å². The van der Waals surface area contributed by atoms with Crippen LogP contribution in [0.3, 0.4) is 0 Å². The van der Waals surface area contributed by atoms with Crippen LogP contribution in [0, 0.1) is 0 Å². The molecule has 0 atom stereocenters. The number of hydrogen-bond acceptors (Lipinski definition) is 4. The lowest BCUT2D eigenvalue weighted by molar-refractivity contribution is 0.232. The maximum absolute atomic E-state index is 12.0. The molecule has 1 aliphatic carbocycles. The lowest BCUT2D eigenvalue weighted by atomic mass is 9.90. The Hall–Kier alpha value is -1.97. The van der Waals surface area contributed by atoms with Gasteiger partial charge in [0.15, 0.2) is 11.5 Å². The van der Waals surface area contributed by atoms with Gasteiger partial charge in [0, 0.05) is 17.0 Å². The normalized spacial score (nSPS) is 14.6. The highest BCUT2D eigenvalue weighted by Crippen LogP contribution is 2.35. The molecule has 1 heterocycles. The van der Waals surface area contributed by atoms with Crippen molar-refractivity contribution < 1.29 is 14.3 Å². The van der Waals surface area contributed by atoms with Gasteiger partial charge >= 0.3 is 5.63 Å². The minimum atomic E-state index is -0.256. The molecule has 106 valence electrons. The Labute approximate surface area is 117 Å². The maximum Gasteiger partial charge on any atom is 0.339 e. The van der Waals surface area contributed by atoms with Gasteiger partial charge < -0.3 is 14.3 Å². The van der Waals surface area contributed by atoms with Crippen molar-refractivity contribution in [1.82, 2.24) is 0 Å². The van der Waals surface area contributed by atoms with Gasteiger partial charge in [-0.1, -0.05) is 0 Å². The third-order valence-corrected chi connectivity index (χ3v) is 3.67. The molecule has 0 spiro atoms. The van der Waals surface area contributed by atoms with Gasteiger partial charge in [0.2, 0.25) is 0 Å². The molecule has 4 nitrogen and oxygen atoms in total. The molecule has 20 heavy (non-hydrogen) atoms. The molecule has 0 aliphatic heterocycles. The zero-order valence-corrected chi connectivity index (χ0v) is 11.7. The van der Waals surface area contributed by atoms with Gasteiger partial charge in [0.25, 0.3) is 0 Å². The maximum atomic E-state index is 12.0. The molecule has 1 aromatic heterocycles. The summed E-state index contributed by atoms with van der Waals surface area (Å²) in [5.74, 6) is 0.444. The van der Waals surface area contributed by atoms with Crippen molar-refractivity contribution in [1.29, 1.82) is 0 Å². The Balaban J connectivity index is 2.24. The monoisotopic (exact) mass is 274 g/mol. The highest BCUT2D eigenvalue weighted by molar-refractivity contribution is 5.85. The highest BCUT2D eigenvalue weighted by Gasteiger charge is 2.19. The second kappa shape index (κ2) is 4.85. The lowest BCUT2D eigenvalue weighted by Gasteiger charge is -2.17. The van der Waals surface area contributed by atoms with E-state index in [1.165, 1.54) is 0 Å². The lowest BCUT2D eigenvalue weighted by Crippen LogP contribution is -2.16. The summed E-state index contributed by atoms with van der Waals surface area (Å²) in [6.07, 6.45) is 3.66. The quantitative estimate of drug-likeness (QED) is 0.854. The summed E-state index contributed by atoms with van der Waals surface area (Å²) in [4.78, 5) is 12.0. The number of fused-ring (bicyclic) bond motifs is 3. The van der Waals surface area contributed by atoms with Gasteiger partial charge in [0.05, 0.1) is 6.10 Å². The average molecular weight is 274 g/mol. The number of phenols is 1. The van der Waals surface area contributed by atoms with Crippen LogP contribution in [0.4, 0.5) is 0 Å². The van der Waals surface area contributed by atoms with E-state index in [1.807, 2.05) is 13.8 Å². The van der Waals surface area contributed by atoms with Crippen molar-refractivity contribution in [3.8, 4) is 11.5 Å². The largest absolute Gasteiger partial charge is 0.504 e. The molecule has 0 amide bonds. The SMILES string of the molecule is CC(C)Oc1cc2oc(=O)c3c(c2cc1O)CCCC3. The second-order valence-corrected chi connectivity index (χ2v) is 5.54. The molecule has 0 bridgehead atoms. The number of hydrogen-bond donors (Lipinski definition) is 1. The van der Waals surface area contributed by atoms with Gasteiger partial charge in [-0.2, -0.15) is 0 Å². The topological polar surface area (TPSA) is 59.7 Å². The molecule has 0 fully saturated rings. The number of rotatable bonds is 2. The third-order valence-electron chi connectivity index (χ3n) is 3.67. The molecule has 0 saturated carbocycles. The first-order chi connectivity index (χ1) is 9.56. The molecule has 0 radical (unpaired) electrons. The number of ether oxygens (including phenoxy) is 1. The van der Waals surface area contributed by atoms with Crippen molar-refractivity contribution in [3.05, 3.63) is 33.7 Å². The summed E-state index contributed by atoms with van der Waals surface area (Å²) >= 11 is 0. The van der Waals surface area contributed by atoms with Gasteiger partial charge in [-0.15, -0.1) is 0 Å². The number of benzene rings is 1. The van der Waals surface area contributed by atoms with E-state index in [9.17, 15) is 9.90 Å². The Morgan fingerprint density at radius 2 is 1.90 bits per heavy atom. The first kappa shape index (κ1) is 13.0. The van der Waals surface area contributed by atoms with Crippen molar-refractivity contribution in [2.24, 2.45) is 0 Å². The van der Waals surface area contributed by atoms with E-state index in [0.717, 1.165) is 42.2 Å². The minimum Gasteiger partial charge on any atom is -0.504 e. The fourth-order valence-corrected chi connectivity index (χ4v) is 2.81. The van der Waals surface area contributed by atoms with E-state index >= 15 is 0 Å². The van der Waals surface area contributed by atoms with Crippen LogP contribution in [0.2, 0.25) is 0 Å². The van der Waals surface area contributed by atoms with Crippen LogP contribution in [0.1, 0.15) is 37.8 Å². The molecule has 4 heteroatoms. The standard InChI is InChI=1S/C16H18O4/c1-9(2)19-15-8-14-12(7-13(15)17)10-5-3-4-6-11(10)16(18)20-14/h7-9,17H,3-6H2,1-2H3. The molecule has 3 rings (SSSR count). The summed E-state index contributed by atoms with van der Waals surface area (Å²) in [7, 11) is 0. The van der Waals surface area contributed by atoms with Crippen molar-refractivity contribution in [3.63, 3.8) is 0 Å². The highest BCUT2D eigenvalue weighted by atomic mass is 16.5. The first-order valence-corrected chi connectivity index (χ1v) is 7.04. The predicted molar refractivity (Wildman–Crippen MR) is 76.6 cm³/mol. The Kier molecular flexibility index (Phi) is 3.16.